The van der Waals surface area contributed by atoms with E-state index in [9.17, 15) is 19.3 Å². The van der Waals surface area contributed by atoms with Crippen molar-refractivity contribution in [2.45, 2.75) is 6.92 Å². The summed E-state index contributed by atoms with van der Waals surface area (Å²) in [5, 5.41) is 13.8. The molecule has 0 spiro atoms. The number of rotatable bonds is 4. The van der Waals surface area contributed by atoms with Crippen LogP contribution >= 0.6 is 0 Å². The minimum Gasteiger partial charge on any atom is -0.319 e. The number of nitrogens with one attached hydrogen (secondary N) is 1. The van der Waals surface area contributed by atoms with Crippen molar-refractivity contribution in [1.29, 1.82) is 0 Å². The topological polar surface area (TPSA) is 90.1 Å². The predicted octanol–water partition coefficient (Wildman–Crippen LogP) is 3.48. The Morgan fingerprint density at radius 1 is 1.28 bits per heavy atom. The van der Waals surface area contributed by atoms with Gasteiger partial charge >= 0.3 is 0 Å². The molecule has 1 N–H and O–H groups in total. The Morgan fingerprint density at radius 3 is 2.76 bits per heavy atom. The van der Waals surface area contributed by atoms with Gasteiger partial charge in [-0.05, 0) is 36.8 Å². The Labute approximate surface area is 141 Å². The number of nitro benzene ring substituents is 1. The zero-order chi connectivity index (χ0) is 18.0. The zero-order valence-corrected chi connectivity index (χ0v) is 13.1. The van der Waals surface area contributed by atoms with Crippen molar-refractivity contribution < 1.29 is 14.1 Å². The average molecular weight is 340 g/mol. The Kier molecular flexibility index (Phi) is 4.25. The molecule has 8 heteroatoms. The number of hydrogen-bond donors (Lipinski definition) is 1. The molecule has 0 saturated heterocycles. The van der Waals surface area contributed by atoms with Crippen LogP contribution in [-0.2, 0) is 0 Å². The summed E-state index contributed by atoms with van der Waals surface area (Å²) in [5.41, 5.74) is 0.872. The molecule has 2 aromatic carbocycles. The maximum atomic E-state index is 13.8. The van der Waals surface area contributed by atoms with E-state index in [2.05, 4.69) is 10.3 Å². The van der Waals surface area contributed by atoms with Crippen LogP contribution in [0.25, 0.3) is 5.69 Å². The molecule has 3 aromatic rings. The summed E-state index contributed by atoms with van der Waals surface area (Å²) in [6.45, 7) is 1.76. The van der Waals surface area contributed by atoms with Crippen LogP contribution in [0.4, 0.5) is 15.8 Å². The molecule has 0 unspecified atom stereocenters. The van der Waals surface area contributed by atoms with E-state index in [0.717, 1.165) is 11.6 Å². The molecule has 1 aromatic heterocycles. The van der Waals surface area contributed by atoms with Gasteiger partial charge in [0, 0.05) is 24.0 Å². The Morgan fingerprint density at radius 2 is 2.08 bits per heavy atom. The lowest BCUT2D eigenvalue weighted by atomic mass is 10.1. The molecule has 0 fully saturated rings. The first-order valence-corrected chi connectivity index (χ1v) is 7.30. The normalized spacial score (nSPS) is 10.5. The van der Waals surface area contributed by atoms with Gasteiger partial charge in [0.2, 0.25) is 0 Å². The molecule has 3 rings (SSSR count). The number of aryl methyl sites for hydroxylation is 1. The maximum Gasteiger partial charge on any atom is 0.294 e. The van der Waals surface area contributed by atoms with Crippen molar-refractivity contribution in [2.24, 2.45) is 0 Å². The Bertz CT molecular complexity index is 955. The molecular weight excluding hydrogens is 327 g/mol. The monoisotopic (exact) mass is 340 g/mol. The van der Waals surface area contributed by atoms with Gasteiger partial charge in [0.25, 0.3) is 11.6 Å². The number of anilines is 1. The highest BCUT2D eigenvalue weighted by atomic mass is 19.1. The van der Waals surface area contributed by atoms with E-state index < -0.39 is 16.6 Å². The zero-order valence-electron chi connectivity index (χ0n) is 13.1. The average Bonchev–Trinajstić information content (AvgIpc) is 3.12. The van der Waals surface area contributed by atoms with Gasteiger partial charge in [-0.25, -0.2) is 9.37 Å². The van der Waals surface area contributed by atoms with E-state index in [-0.39, 0.29) is 22.6 Å². The highest BCUT2D eigenvalue weighted by molar-refractivity contribution is 6.05. The molecule has 0 aliphatic carbocycles. The van der Waals surface area contributed by atoms with Gasteiger partial charge in [0.1, 0.15) is 11.5 Å². The summed E-state index contributed by atoms with van der Waals surface area (Å²) in [5.74, 6) is -1.21. The summed E-state index contributed by atoms with van der Waals surface area (Å²) in [6.07, 6.45) is 4.47. The fourth-order valence-electron chi connectivity index (χ4n) is 2.36. The van der Waals surface area contributed by atoms with Crippen molar-refractivity contribution in [3.8, 4) is 5.69 Å². The van der Waals surface area contributed by atoms with Crippen LogP contribution < -0.4 is 5.32 Å². The third-order valence-corrected chi connectivity index (χ3v) is 3.59. The number of nitro groups is 1. The third kappa shape index (κ3) is 3.37. The van der Waals surface area contributed by atoms with Crippen LogP contribution in [-0.4, -0.2) is 20.4 Å². The van der Waals surface area contributed by atoms with Gasteiger partial charge in [0.05, 0.1) is 16.9 Å². The van der Waals surface area contributed by atoms with Crippen molar-refractivity contribution in [2.75, 3.05) is 5.32 Å². The number of carbonyl (C=O) groups excluding carboxylic acids is 1. The van der Waals surface area contributed by atoms with Crippen LogP contribution in [0.1, 0.15) is 15.9 Å². The third-order valence-electron chi connectivity index (χ3n) is 3.59. The maximum absolute atomic E-state index is 13.8. The van der Waals surface area contributed by atoms with E-state index in [1.807, 2.05) is 0 Å². The molecular formula is C17H13FN4O3. The van der Waals surface area contributed by atoms with Gasteiger partial charge in [-0.1, -0.05) is 6.07 Å². The van der Waals surface area contributed by atoms with Crippen LogP contribution in [0.2, 0.25) is 0 Å². The van der Waals surface area contributed by atoms with E-state index in [0.29, 0.717) is 0 Å². The summed E-state index contributed by atoms with van der Waals surface area (Å²) in [7, 11) is 0. The molecule has 25 heavy (non-hydrogen) atoms. The van der Waals surface area contributed by atoms with E-state index in [4.69, 9.17) is 0 Å². The highest BCUT2D eigenvalue weighted by Gasteiger charge is 2.19. The highest BCUT2D eigenvalue weighted by Crippen LogP contribution is 2.25. The summed E-state index contributed by atoms with van der Waals surface area (Å²) < 4.78 is 15.2. The SMILES string of the molecule is Cc1ccc(F)c(NC(=O)c2ccc(-n3ccnc3)c([N+](=O)[O-])c2)c1. The number of hydrogen-bond acceptors (Lipinski definition) is 4. The number of halogens is 1. The number of imidazole rings is 1. The molecule has 126 valence electrons. The standard InChI is InChI=1S/C17H13FN4O3/c1-11-2-4-13(18)14(8-11)20-17(23)12-3-5-15(16(9-12)22(24)25)21-7-6-19-10-21/h2-10H,1H3,(H,20,23). The van der Waals surface area contributed by atoms with Gasteiger partial charge < -0.3 is 9.88 Å². The van der Waals surface area contributed by atoms with E-state index >= 15 is 0 Å². The number of benzene rings is 2. The molecule has 0 radical (unpaired) electrons. The van der Waals surface area contributed by atoms with Crippen LogP contribution in [0.15, 0.2) is 55.1 Å². The number of carbonyl (C=O) groups is 1. The lowest BCUT2D eigenvalue weighted by molar-refractivity contribution is -0.384. The fourth-order valence-corrected chi connectivity index (χ4v) is 2.36. The summed E-state index contributed by atoms with van der Waals surface area (Å²) in [4.78, 5) is 26.9. The van der Waals surface area contributed by atoms with Gasteiger partial charge in [0.15, 0.2) is 0 Å². The van der Waals surface area contributed by atoms with Crippen LogP contribution in [0.5, 0.6) is 0 Å². The second-order valence-corrected chi connectivity index (χ2v) is 5.37. The first-order valence-electron chi connectivity index (χ1n) is 7.30. The van der Waals surface area contributed by atoms with Gasteiger partial charge in [-0.15, -0.1) is 0 Å². The molecule has 0 bridgehead atoms. The smallest absolute Gasteiger partial charge is 0.294 e. The molecule has 0 atom stereocenters. The fraction of sp³-hybridized carbons (Fsp3) is 0.0588. The number of amides is 1. The van der Waals surface area contributed by atoms with Crippen LogP contribution in [0, 0.1) is 22.9 Å². The number of aromatic nitrogens is 2. The summed E-state index contributed by atoms with van der Waals surface area (Å²) in [6, 6.07) is 8.35. The largest absolute Gasteiger partial charge is 0.319 e. The minimum atomic E-state index is -0.634. The summed E-state index contributed by atoms with van der Waals surface area (Å²) >= 11 is 0. The molecule has 0 aliphatic rings. The van der Waals surface area contributed by atoms with Gasteiger partial charge in [-0.3, -0.25) is 14.9 Å². The first-order chi connectivity index (χ1) is 12.0. The lowest BCUT2D eigenvalue weighted by Crippen LogP contribution is -2.14. The molecule has 0 aliphatic heterocycles. The molecule has 1 heterocycles. The first kappa shape index (κ1) is 16.3. The molecule has 7 nitrogen and oxygen atoms in total. The van der Waals surface area contributed by atoms with Crippen molar-refractivity contribution in [1.82, 2.24) is 9.55 Å². The molecule has 1 amide bonds. The van der Waals surface area contributed by atoms with Gasteiger partial charge in [-0.2, -0.15) is 0 Å². The van der Waals surface area contributed by atoms with E-state index in [1.54, 1.807) is 19.2 Å². The van der Waals surface area contributed by atoms with E-state index in [1.165, 1.54) is 41.4 Å². The second-order valence-electron chi connectivity index (χ2n) is 5.37. The quantitative estimate of drug-likeness (QED) is 0.581. The van der Waals surface area contributed by atoms with Crippen molar-refractivity contribution in [3.63, 3.8) is 0 Å². The molecule has 0 saturated carbocycles. The number of nitrogens with zero attached hydrogens (tertiary/aromatic N) is 3. The second kappa shape index (κ2) is 6.52. The Hall–Kier alpha value is -3.55. The van der Waals surface area contributed by atoms with Crippen molar-refractivity contribution in [3.05, 3.63) is 82.2 Å². The predicted molar refractivity (Wildman–Crippen MR) is 89.3 cm³/mol. The minimum absolute atomic E-state index is 0.0198. The Balaban J connectivity index is 1.95. The van der Waals surface area contributed by atoms with Crippen LogP contribution in [0.3, 0.4) is 0 Å². The lowest BCUT2D eigenvalue weighted by Gasteiger charge is -2.09. The van der Waals surface area contributed by atoms with Crippen molar-refractivity contribution >= 4 is 17.3 Å².